The minimum absolute atomic E-state index is 0.0694. The molecule has 1 radical (unpaired) electrons. The first-order chi connectivity index (χ1) is 6.02. The Bertz CT molecular complexity index is 377. The summed E-state index contributed by atoms with van der Waals surface area (Å²) in [6.07, 6.45) is 0. The van der Waals surface area contributed by atoms with Crippen LogP contribution in [0.1, 0.15) is 10.4 Å². The van der Waals surface area contributed by atoms with Gasteiger partial charge < -0.3 is 0 Å². The molecule has 1 aromatic rings. The molecule has 0 heterocycles. The van der Waals surface area contributed by atoms with Gasteiger partial charge in [-0.15, -0.1) is 0 Å². The van der Waals surface area contributed by atoms with Crippen molar-refractivity contribution in [1.29, 1.82) is 0 Å². The summed E-state index contributed by atoms with van der Waals surface area (Å²) in [5.74, 6) is -1.22. The fourth-order valence-electron chi connectivity index (χ4n) is 0.888. The number of hydrogen-bond acceptors (Lipinski definition) is 3. The first-order valence-corrected chi connectivity index (χ1v) is 5.85. The Balaban J connectivity index is 3.35. The predicted molar refractivity (Wildman–Crippen MR) is 46.1 cm³/mol. The van der Waals surface area contributed by atoms with Crippen LogP contribution in [0.15, 0.2) is 18.2 Å². The Morgan fingerprint density at radius 3 is 2.54 bits per heavy atom. The van der Waals surface area contributed by atoms with Crippen LogP contribution in [0.25, 0.3) is 0 Å². The van der Waals surface area contributed by atoms with Gasteiger partial charge in [0.2, 0.25) is 0 Å². The van der Waals surface area contributed by atoms with E-state index in [9.17, 15) is 8.53 Å². The molecule has 0 bridgehead atoms. The molecule has 0 aromatic heterocycles. The van der Waals surface area contributed by atoms with Gasteiger partial charge in [-0.25, -0.2) is 0 Å². The number of nitrogen functional groups attached to an aromatic ring is 1. The van der Waals surface area contributed by atoms with Crippen molar-refractivity contribution in [3.8, 4) is 0 Å². The number of benzene rings is 1. The van der Waals surface area contributed by atoms with Crippen molar-refractivity contribution < 1.29 is 17.7 Å². The third-order valence-electron chi connectivity index (χ3n) is 1.46. The Labute approximate surface area is 78.6 Å². The number of aromatic carboxylic acids is 1. The van der Waals surface area contributed by atoms with Crippen LogP contribution < -0.4 is 10.1 Å². The molecule has 0 aliphatic carbocycles. The van der Waals surface area contributed by atoms with Gasteiger partial charge >= 0.3 is 78.2 Å². The third kappa shape index (κ3) is 2.14. The van der Waals surface area contributed by atoms with Crippen LogP contribution in [0.2, 0.25) is 0 Å². The molecule has 6 heteroatoms. The van der Waals surface area contributed by atoms with Crippen LogP contribution in [0.5, 0.6) is 0 Å². The van der Waals surface area contributed by atoms with Crippen LogP contribution in [0, 0.1) is 0 Å². The molecule has 0 spiro atoms. The zero-order chi connectivity index (χ0) is 10.0. The molecule has 0 aliphatic heterocycles. The van der Waals surface area contributed by atoms with Gasteiger partial charge in [0.1, 0.15) is 0 Å². The quantitative estimate of drug-likeness (QED) is 0.461. The summed E-state index contributed by atoms with van der Waals surface area (Å²) < 4.78 is 19.6. The van der Waals surface area contributed by atoms with Crippen molar-refractivity contribution in [3.05, 3.63) is 23.8 Å². The molecule has 1 atom stereocenters. The van der Waals surface area contributed by atoms with Crippen molar-refractivity contribution in [1.82, 2.24) is 0 Å². The molecular weight excluding hydrogens is 237 g/mol. The van der Waals surface area contributed by atoms with Crippen molar-refractivity contribution in [2.45, 2.75) is 0 Å². The number of carboxylic acid groups (broad SMARTS) is 1. The molecule has 1 rings (SSSR count). The third-order valence-corrected chi connectivity index (χ3v) is 3.10. The summed E-state index contributed by atoms with van der Waals surface area (Å²) >= 11 is -3.43. The average molecular weight is 244 g/mol. The van der Waals surface area contributed by atoms with E-state index >= 15 is 0 Å². The van der Waals surface area contributed by atoms with Gasteiger partial charge in [-0.1, -0.05) is 0 Å². The van der Waals surface area contributed by atoms with Gasteiger partial charge in [0, 0.05) is 0 Å². The molecular formula is C7H7AsNO4. The van der Waals surface area contributed by atoms with Gasteiger partial charge in [0.05, 0.1) is 0 Å². The Kier molecular flexibility index (Phi) is 2.80. The molecule has 13 heavy (non-hydrogen) atoms. The summed E-state index contributed by atoms with van der Waals surface area (Å²) in [7, 11) is 0. The SMILES string of the molecule is Nc1ccc(C(=O)O)c([As](=O)O)c1. The monoisotopic (exact) mass is 244 g/mol. The number of rotatable bonds is 2. The maximum absolute atomic E-state index is 10.8. The van der Waals surface area contributed by atoms with Crippen LogP contribution in [0.4, 0.5) is 5.69 Å². The molecule has 0 saturated carbocycles. The molecule has 4 N–H and O–H groups in total. The number of hydrogen-bond donors (Lipinski definition) is 3. The summed E-state index contributed by atoms with van der Waals surface area (Å²) in [6, 6.07) is 3.82. The zero-order valence-corrected chi connectivity index (χ0v) is 8.34. The normalized spacial score (nSPS) is 11.0. The topological polar surface area (TPSA) is 101 Å². The Morgan fingerprint density at radius 1 is 1.46 bits per heavy atom. The first kappa shape index (κ1) is 9.89. The van der Waals surface area contributed by atoms with E-state index in [1.54, 1.807) is 0 Å². The van der Waals surface area contributed by atoms with Gasteiger partial charge in [-0.2, -0.15) is 0 Å². The van der Waals surface area contributed by atoms with Crippen molar-refractivity contribution >= 4 is 30.9 Å². The summed E-state index contributed by atoms with van der Waals surface area (Å²) in [4.78, 5) is 10.6. The molecule has 1 unspecified atom stereocenters. The van der Waals surface area contributed by atoms with Gasteiger partial charge in [0.25, 0.3) is 0 Å². The van der Waals surface area contributed by atoms with E-state index in [4.69, 9.17) is 14.9 Å². The summed E-state index contributed by atoms with van der Waals surface area (Å²) in [5, 5.41) is 8.64. The molecule has 1 aromatic carbocycles. The molecule has 0 fully saturated rings. The zero-order valence-electron chi connectivity index (χ0n) is 6.47. The number of nitrogens with two attached hydrogens (primary N) is 1. The summed E-state index contributed by atoms with van der Waals surface area (Å²) in [6.45, 7) is 0. The summed E-state index contributed by atoms with van der Waals surface area (Å²) in [5.41, 5.74) is 5.47. The van der Waals surface area contributed by atoms with Crippen LogP contribution >= 0.6 is 0 Å². The van der Waals surface area contributed by atoms with Crippen LogP contribution in [-0.2, 0) is 3.74 Å². The van der Waals surface area contributed by atoms with E-state index < -0.39 is 20.9 Å². The fourth-order valence-corrected chi connectivity index (χ4v) is 2.22. The number of anilines is 1. The van der Waals surface area contributed by atoms with Crippen molar-refractivity contribution in [3.63, 3.8) is 0 Å². The molecule has 0 aliphatic rings. The van der Waals surface area contributed by atoms with Crippen LogP contribution in [-0.4, -0.2) is 30.1 Å². The van der Waals surface area contributed by atoms with E-state index in [2.05, 4.69) is 0 Å². The van der Waals surface area contributed by atoms with E-state index in [0.717, 1.165) is 0 Å². The Morgan fingerprint density at radius 2 is 2.08 bits per heavy atom. The second-order valence-electron chi connectivity index (χ2n) is 2.35. The number of carboxylic acids is 1. The second-order valence-corrected chi connectivity index (χ2v) is 4.51. The fraction of sp³-hybridized carbons (Fsp3) is 0. The van der Waals surface area contributed by atoms with Gasteiger partial charge in [-0.3, -0.25) is 0 Å². The van der Waals surface area contributed by atoms with Gasteiger partial charge in [0.15, 0.2) is 0 Å². The maximum atomic E-state index is 10.8. The van der Waals surface area contributed by atoms with Crippen LogP contribution in [0.3, 0.4) is 0 Å². The average Bonchev–Trinajstić information content (AvgIpc) is 2.03. The molecule has 0 amide bonds. The van der Waals surface area contributed by atoms with Crippen molar-refractivity contribution in [2.75, 3.05) is 5.73 Å². The standard InChI is InChI=1S/C7H7AsNO4/c9-4-1-2-5(7(10)11)6(3-4)8(12)13/h1-3H,9H2,(H,10,11)(H,12,13). The van der Waals surface area contributed by atoms with Gasteiger partial charge in [-0.05, 0) is 0 Å². The van der Waals surface area contributed by atoms with E-state index in [1.807, 2.05) is 0 Å². The van der Waals surface area contributed by atoms with E-state index in [-0.39, 0.29) is 15.6 Å². The second kappa shape index (κ2) is 3.68. The molecule has 5 nitrogen and oxygen atoms in total. The molecule has 0 saturated heterocycles. The molecule has 69 valence electrons. The van der Waals surface area contributed by atoms with E-state index in [1.165, 1.54) is 18.2 Å². The van der Waals surface area contributed by atoms with E-state index in [0.29, 0.717) is 0 Å². The minimum atomic E-state index is -3.43. The Hall–Kier alpha value is -1.19. The predicted octanol–water partition coefficient (Wildman–Crippen LogP) is -0.915. The number of carbonyl (C=O) groups is 1. The first-order valence-electron chi connectivity index (χ1n) is 3.31. The van der Waals surface area contributed by atoms with Crippen molar-refractivity contribution in [2.24, 2.45) is 0 Å².